The summed E-state index contributed by atoms with van der Waals surface area (Å²) in [6.45, 7) is 5.20. The standard InChI is InChI=1S/C25H34N2O3/c1-15(2)27-14-16-12-21-19(18-7-6-8-20(27)24(16)18)11-17(13-26(21)3)25(29)30-23-10-5-4-9-22(23)28/h6-8,14-15,17,19,21-23,28H,4-5,9-13H2,1-3H3/t17-,19?,21?,22?,23?/m1/s1. The second-order valence-corrected chi connectivity index (χ2v) is 9.97. The molecule has 2 fully saturated rings. The van der Waals surface area contributed by atoms with E-state index in [0.717, 1.165) is 45.1 Å². The molecule has 1 aliphatic heterocycles. The molecule has 4 unspecified atom stereocenters. The Balaban J connectivity index is 1.42. The summed E-state index contributed by atoms with van der Waals surface area (Å²) in [6, 6.07) is 7.52. The SMILES string of the molecule is CC(C)n1cc2c3c(cccc31)C1C[C@@H](C(=O)OC3CCCCC3O)CN(C)C1C2. The number of carbonyl (C=O) groups excluding carboxylic acids is 1. The van der Waals surface area contributed by atoms with Crippen LogP contribution >= 0.6 is 0 Å². The molecule has 0 spiro atoms. The first kappa shape index (κ1) is 20.1. The van der Waals surface area contributed by atoms with Crippen LogP contribution in [0.15, 0.2) is 24.4 Å². The molecule has 1 aromatic carbocycles. The predicted molar refractivity (Wildman–Crippen MR) is 118 cm³/mol. The molecule has 5 nitrogen and oxygen atoms in total. The molecular formula is C25H34N2O3. The molecule has 2 heterocycles. The van der Waals surface area contributed by atoms with Crippen molar-refractivity contribution in [1.29, 1.82) is 0 Å². The Morgan fingerprint density at radius 2 is 2.03 bits per heavy atom. The van der Waals surface area contributed by atoms with E-state index in [0.29, 0.717) is 18.0 Å². The summed E-state index contributed by atoms with van der Waals surface area (Å²) in [5.74, 6) is 0.0927. The third-order valence-corrected chi connectivity index (χ3v) is 7.70. The highest BCUT2D eigenvalue weighted by atomic mass is 16.6. The van der Waals surface area contributed by atoms with Crippen molar-refractivity contribution in [2.75, 3.05) is 13.6 Å². The highest BCUT2D eigenvalue weighted by molar-refractivity contribution is 5.89. The van der Waals surface area contributed by atoms with Gasteiger partial charge in [-0.1, -0.05) is 18.6 Å². The molecule has 5 rings (SSSR count). The average Bonchev–Trinajstić information content (AvgIpc) is 3.10. The minimum atomic E-state index is -0.501. The summed E-state index contributed by atoms with van der Waals surface area (Å²) in [7, 11) is 2.15. The van der Waals surface area contributed by atoms with Gasteiger partial charge in [-0.05, 0) is 70.2 Å². The summed E-state index contributed by atoms with van der Waals surface area (Å²) in [4.78, 5) is 15.4. The molecule has 1 saturated carbocycles. The van der Waals surface area contributed by atoms with Gasteiger partial charge in [0.2, 0.25) is 0 Å². The number of carbonyl (C=O) groups is 1. The minimum absolute atomic E-state index is 0.121. The number of hydrogen-bond acceptors (Lipinski definition) is 4. The summed E-state index contributed by atoms with van der Waals surface area (Å²) in [5.41, 5.74) is 4.14. The van der Waals surface area contributed by atoms with Gasteiger partial charge in [0.25, 0.3) is 0 Å². The molecule has 162 valence electrons. The zero-order valence-electron chi connectivity index (χ0n) is 18.4. The van der Waals surface area contributed by atoms with Crippen LogP contribution in [0.2, 0.25) is 0 Å². The summed E-state index contributed by atoms with van der Waals surface area (Å²) < 4.78 is 8.22. The third-order valence-electron chi connectivity index (χ3n) is 7.70. The quantitative estimate of drug-likeness (QED) is 0.777. The first-order valence-corrected chi connectivity index (χ1v) is 11.6. The molecule has 2 aliphatic carbocycles. The van der Waals surface area contributed by atoms with Gasteiger partial charge in [0.1, 0.15) is 6.10 Å². The van der Waals surface area contributed by atoms with Crippen LogP contribution in [0.5, 0.6) is 0 Å². The van der Waals surface area contributed by atoms with Crippen molar-refractivity contribution in [1.82, 2.24) is 9.47 Å². The van der Waals surface area contributed by atoms with Gasteiger partial charge in [-0.25, -0.2) is 0 Å². The fourth-order valence-electron chi connectivity index (χ4n) is 6.13. The Hall–Kier alpha value is -1.85. The first-order chi connectivity index (χ1) is 14.4. The van der Waals surface area contributed by atoms with Crippen LogP contribution < -0.4 is 0 Å². The molecule has 0 bridgehead atoms. The van der Waals surface area contributed by atoms with Crippen LogP contribution in [0.3, 0.4) is 0 Å². The topological polar surface area (TPSA) is 54.7 Å². The van der Waals surface area contributed by atoms with Crippen molar-refractivity contribution in [2.24, 2.45) is 5.92 Å². The van der Waals surface area contributed by atoms with Crippen molar-refractivity contribution in [3.8, 4) is 0 Å². The lowest BCUT2D eigenvalue weighted by molar-refractivity contribution is -0.165. The molecule has 0 amide bonds. The lowest BCUT2D eigenvalue weighted by atomic mass is 9.72. The van der Waals surface area contributed by atoms with Crippen LogP contribution in [-0.2, 0) is 16.0 Å². The maximum absolute atomic E-state index is 13.0. The van der Waals surface area contributed by atoms with Crippen molar-refractivity contribution in [3.63, 3.8) is 0 Å². The van der Waals surface area contributed by atoms with Crippen molar-refractivity contribution in [3.05, 3.63) is 35.5 Å². The molecule has 2 aromatic rings. The number of hydrogen-bond donors (Lipinski definition) is 1. The smallest absolute Gasteiger partial charge is 0.310 e. The number of ether oxygens (including phenoxy) is 1. The molecule has 0 radical (unpaired) electrons. The zero-order chi connectivity index (χ0) is 21.0. The second-order valence-electron chi connectivity index (χ2n) is 9.97. The Morgan fingerprint density at radius 1 is 1.23 bits per heavy atom. The fraction of sp³-hybridized carbons (Fsp3) is 0.640. The van der Waals surface area contributed by atoms with Crippen LogP contribution in [0.1, 0.15) is 69.0 Å². The van der Waals surface area contributed by atoms with Crippen molar-refractivity contribution in [2.45, 2.75) is 82.6 Å². The Morgan fingerprint density at radius 3 is 2.80 bits per heavy atom. The van der Waals surface area contributed by atoms with E-state index in [4.69, 9.17) is 4.74 Å². The fourth-order valence-corrected chi connectivity index (χ4v) is 6.13. The van der Waals surface area contributed by atoms with E-state index in [1.54, 1.807) is 0 Å². The lowest BCUT2D eigenvalue weighted by Gasteiger charge is -2.45. The largest absolute Gasteiger partial charge is 0.459 e. The number of likely N-dealkylation sites (tertiary alicyclic amines) is 1. The number of piperidine rings is 1. The van der Waals surface area contributed by atoms with Gasteiger partial charge >= 0.3 is 5.97 Å². The van der Waals surface area contributed by atoms with Gasteiger partial charge in [-0.2, -0.15) is 0 Å². The number of esters is 1. The highest BCUT2D eigenvalue weighted by Gasteiger charge is 2.43. The highest BCUT2D eigenvalue weighted by Crippen LogP contribution is 2.45. The molecule has 1 saturated heterocycles. The number of fused-ring (bicyclic) bond motifs is 2. The maximum Gasteiger partial charge on any atom is 0.310 e. The molecule has 3 aliphatic rings. The number of aliphatic hydroxyl groups excluding tert-OH is 1. The van der Waals surface area contributed by atoms with E-state index in [2.05, 4.69) is 54.8 Å². The van der Waals surface area contributed by atoms with E-state index in [1.165, 1.54) is 22.0 Å². The van der Waals surface area contributed by atoms with E-state index in [1.807, 2.05) is 0 Å². The average molecular weight is 411 g/mol. The van der Waals surface area contributed by atoms with Gasteiger partial charge in [-0.15, -0.1) is 0 Å². The van der Waals surface area contributed by atoms with Crippen LogP contribution in [-0.4, -0.2) is 52.4 Å². The van der Waals surface area contributed by atoms with Crippen LogP contribution in [0.4, 0.5) is 0 Å². The molecule has 1 N–H and O–H groups in total. The van der Waals surface area contributed by atoms with Crippen LogP contribution in [0, 0.1) is 5.92 Å². The van der Waals surface area contributed by atoms with Gasteiger partial charge in [0.15, 0.2) is 0 Å². The molecule has 5 heteroatoms. The Bertz CT molecular complexity index is 949. The van der Waals surface area contributed by atoms with Gasteiger partial charge in [-0.3, -0.25) is 4.79 Å². The Labute approximate surface area is 179 Å². The number of rotatable bonds is 3. The summed E-state index contributed by atoms with van der Waals surface area (Å²) >= 11 is 0. The van der Waals surface area contributed by atoms with E-state index < -0.39 is 6.10 Å². The minimum Gasteiger partial charge on any atom is -0.459 e. The number of aromatic nitrogens is 1. The number of likely N-dealkylation sites (N-methyl/N-ethyl adjacent to an activating group) is 1. The molecular weight excluding hydrogens is 376 g/mol. The van der Waals surface area contributed by atoms with Crippen LogP contribution in [0.25, 0.3) is 10.9 Å². The zero-order valence-corrected chi connectivity index (χ0v) is 18.4. The van der Waals surface area contributed by atoms with E-state index >= 15 is 0 Å². The monoisotopic (exact) mass is 410 g/mol. The third kappa shape index (κ3) is 3.27. The lowest BCUT2D eigenvalue weighted by Crippen LogP contribution is -2.50. The Kier molecular flexibility index (Phi) is 5.14. The maximum atomic E-state index is 13.0. The molecule has 1 aromatic heterocycles. The number of aliphatic hydroxyl groups is 1. The number of nitrogens with zero attached hydrogens (tertiary/aromatic N) is 2. The van der Waals surface area contributed by atoms with Gasteiger partial charge < -0.3 is 19.3 Å². The summed E-state index contributed by atoms with van der Waals surface area (Å²) in [5, 5.41) is 11.6. The molecule has 30 heavy (non-hydrogen) atoms. The summed E-state index contributed by atoms with van der Waals surface area (Å²) in [6.07, 6.45) is 6.97. The number of benzene rings is 1. The van der Waals surface area contributed by atoms with E-state index in [9.17, 15) is 9.90 Å². The molecule has 5 atom stereocenters. The first-order valence-electron chi connectivity index (χ1n) is 11.6. The van der Waals surface area contributed by atoms with E-state index in [-0.39, 0.29) is 18.0 Å². The van der Waals surface area contributed by atoms with Gasteiger partial charge in [0, 0.05) is 41.6 Å². The van der Waals surface area contributed by atoms with Gasteiger partial charge in [0.05, 0.1) is 12.0 Å². The van der Waals surface area contributed by atoms with Crippen molar-refractivity contribution < 1.29 is 14.6 Å². The van der Waals surface area contributed by atoms with Crippen molar-refractivity contribution >= 4 is 16.9 Å². The predicted octanol–water partition coefficient (Wildman–Crippen LogP) is 4.03. The second kappa shape index (κ2) is 7.69. The normalized spacial score (nSPS) is 31.7.